The number of likely N-dealkylation sites (tertiary alicyclic amines) is 1. The van der Waals surface area contributed by atoms with Crippen LogP contribution in [-0.2, 0) is 24.8 Å². The van der Waals surface area contributed by atoms with Crippen molar-refractivity contribution in [1.29, 1.82) is 0 Å². The number of nitrogens with one attached hydrogen (secondary N) is 2. The molecule has 220 valence electrons. The van der Waals surface area contributed by atoms with Gasteiger partial charge in [0.05, 0.1) is 12.0 Å². The average Bonchev–Trinajstić information content (AvgIpc) is 3.41. The second-order valence-corrected chi connectivity index (χ2v) is 10.7. The minimum atomic E-state index is -4.78. The summed E-state index contributed by atoms with van der Waals surface area (Å²) >= 11 is 0. The van der Waals surface area contributed by atoms with Crippen LogP contribution in [0.15, 0.2) is 66.6 Å². The fourth-order valence-corrected chi connectivity index (χ4v) is 4.56. The van der Waals surface area contributed by atoms with Crippen LogP contribution in [0.2, 0.25) is 0 Å². The predicted octanol–water partition coefficient (Wildman–Crippen LogP) is 4.76. The summed E-state index contributed by atoms with van der Waals surface area (Å²) < 4.78 is 51.1. The second kappa shape index (κ2) is 11.7. The summed E-state index contributed by atoms with van der Waals surface area (Å²) in [6.07, 6.45) is -2.61. The lowest BCUT2D eigenvalue weighted by Gasteiger charge is -2.33. The molecule has 41 heavy (non-hydrogen) atoms. The predicted molar refractivity (Wildman–Crippen MR) is 142 cm³/mol. The summed E-state index contributed by atoms with van der Waals surface area (Å²) in [5, 5.41) is 14.3. The first-order chi connectivity index (χ1) is 19.3. The number of hydrogen-bond acceptors (Lipinski definition) is 6. The molecule has 0 saturated carbocycles. The number of carboxylic acids is 1. The van der Waals surface area contributed by atoms with Gasteiger partial charge in [-0.1, -0.05) is 30.3 Å². The molecule has 2 aromatic rings. The first-order valence-corrected chi connectivity index (χ1v) is 13.2. The number of benzene rings is 2. The molecule has 12 heteroatoms. The van der Waals surface area contributed by atoms with Crippen molar-refractivity contribution in [2.75, 3.05) is 18.4 Å². The highest BCUT2D eigenvalue weighted by Crippen LogP contribution is 2.38. The van der Waals surface area contributed by atoms with Gasteiger partial charge in [-0.15, -0.1) is 0 Å². The van der Waals surface area contributed by atoms with E-state index in [0.717, 1.165) is 12.8 Å². The number of allylic oxidation sites excluding steroid dienone is 1. The summed E-state index contributed by atoms with van der Waals surface area (Å²) in [6.45, 7) is 4.11. The van der Waals surface area contributed by atoms with E-state index in [0.29, 0.717) is 30.7 Å². The van der Waals surface area contributed by atoms with Crippen molar-refractivity contribution < 1.29 is 42.1 Å². The second-order valence-electron chi connectivity index (χ2n) is 10.7. The lowest BCUT2D eigenvalue weighted by atomic mass is 9.88. The molecule has 0 aliphatic carbocycles. The summed E-state index contributed by atoms with van der Waals surface area (Å²) in [7, 11) is 0. The highest BCUT2D eigenvalue weighted by molar-refractivity contribution is 5.98. The lowest BCUT2D eigenvalue weighted by Crippen LogP contribution is -2.49. The first-order valence-electron chi connectivity index (χ1n) is 13.2. The number of halogens is 3. The molecular formula is C29H32F3N3O6. The van der Waals surface area contributed by atoms with Crippen molar-refractivity contribution in [3.63, 3.8) is 0 Å². The average molecular weight is 576 g/mol. The van der Waals surface area contributed by atoms with E-state index in [4.69, 9.17) is 9.47 Å². The van der Waals surface area contributed by atoms with Crippen LogP contribution in [0.4, 0.5) is 18.9 Å². The van der Waals surface area contributed by atoms with Gasteiger partial charge in [-0.2, -0.15) is 13.2 Å². The van der Waals surface area contributed by atoms with E-state index in [9.17, 15) is 32.7 Å². The largest absolute Gasteiger partial charge is 0.489 e. The van der Waals surface area contributed by atoms with Crippen molar-refractivity contribution in [3.8, 4) is 5.75 Å². The zero-order chi connectivity index (χ0) is 29.8. The van der Waals surface area contributed by atoms with Crippen LogP contribution in [0.25, 0.3) is 0 Å². The van der Waals surface area contributed by atoms with Gasteiger partial charge in [0.1, 0.15) is 11.9 Å². The monoisotopic (exact) mass is 575 g/mol. The number of nitrogens with zero attached hydrogens (tertiary/aromatic N) is 1. The molecule has 2 aliphatic heterocycles. The fourth-order valence-electron chi connectivity index (χ4n) is 4.56. The lowest BCUT2D eigenvalue weighted by molar-refractivity contribution is -0.163. The van der Waals surface area contributed by atoms with Crippen LogP contribution in [0, 0.1) is 5.41 Å². The molecule has 1 fully saturated rings. The van der Waals surface area contributed by atoms with Crippen LogP contribution < -0.4 is 15.4 Å². The molecule has 0 spiro atoms. The van der Waals surface area contributed by atoms with E-state index in [1.807, 2.05) is 0 Å². The van der Waals surface area contributed by atoms with Crippen LogP contribution in [0.5, 0.6) is 5.75 Å². The number of carbonyl (C=O) groups excluding carboxylic acids is 2. The number of carboxylic acid groups (broad SMARTS) is 1. The van der Waals surface area contributed by atoms with E-state index in [-0.39, 0.29) is 30.4 Å². The van der Waals surface area contributed by atoms with Gasteiger partial charge in [0.2, 0.25) is 11.7 Å². The third-order valence-corrected chi connectivity index (χ3v) is 7.14. The smallest absolute Gasteiger partial charge is 0.450 e. The molecule has 4 rings (SSSR count). The van der Waals surface area contributed by atoms with Crippen molar-refractivity contribution in [1.82, 2.24) is 10.2 Å². The molecule has 2 unspecified atom stereocenters. The molecule has 1 saturated heterocycles. The van der Waals surface area contributed by atoms with Gasteiger partial charge in [0, 0.05) is 30.4 Å². The van der Waals surface area contributed by atoms with Gasteiger partial charge in [-0.3, -0.25) is 14.4 Å². The molecular weight excluding hydrogens is 543 g/mol. The molecule has 2 heterocycles. The van der Waals surface area contributed by atoms with Gasteiger partial charge in [-0.05, 0) is 57.4 Å². The number of hydrogen-bond donors (Lipinski definition) is 3. The Kier molecular flexibility index (Phi) is 8.50. The van der Waals surface area contributed by atoms with Crippen LogP contribution in [-0.4, -0.2) is 53.2 Å². The Morgan fingerprint density at radius 2 is 1.80 bits per heavy atom. The Bertz CT molecular complexity index is 1300. The Morgan fingerprint density at radius 3 is 2.41 bits per heavy atom. The number of anilines is 1. The van der Waals surface area contributed by atoms with Gasteiger partial charge in [0.15, 0.2) is 0 Å². The summed E-state index contributed by atoms with van der Waals surface area (Å²) in [5.41, 5.74) is -2.60. The third kappa shape index (κ3) is 6.93. The van der Waals surface area contributed by atoms with Crippen molar-refractivity contribution in [2.24, 2.45) is 5.41 Å². The topological polar surface area (TPSA) is 117 Å². The molecule has 2 aromatic carbocycles. The highest BCUT2D eigenvalue weighted by Gasteiger charge is 2.52. The maximum absolute atomic E-state index is 13.3. The van der Waals surface area contributed by atoms with Gasteiger partial charge < -0.3 is 30.1 Å². The van der Waals surface area contributed by atoms with E-state index < -0.39 is 35.0 Å². The number of piperidine rings is 1. The zero-order valence-electron chi connectivity index (χ0n) is 22.7. The summed E-state index contributed by atoms with van der Waals surface area (Å²) in [4.78, 5) is 39.0. The van der Waals surface area contributed by atoms with E-state index in [2.05, 4.69) is 10.6 Å². The molecule has 9 nitrogen and oxygen atoms in total. The highest BCUT2D eigenvalue weighted by atomic mass is 19.4. The van der Waals surface area contributed by atoms with Crippen LogP contribution >= 0.6 is 0 Å². The van der Waals surface area contributed by atoms with Gasteiger partial charge in [-0.25, -0.2) is 0 Å². The molecule has 2 amide bonds. The molecule has 2 aliphatic rings. The minimum absolute atomic E-state index is 0.121. The summed E-state index contributed by atoms with van der Waals surface area (Å²) in [6, 6.07) is 14.2. The zero-order valence-corrected chi connectivity index (χ0v) is 22.7. The number of aliphatic carboxylic acids is 1. The van der Waals surface area contributed by atoms with Crippen LogP contribution in [0.3, 0.4) is 0 Å². The minimum Gasteiger partial charge on any atom is -0.489 e. The van der Waals surface area contributed by atoms with Crippen LogP contribution in [0.1, 0.15) is 45.1 Å². The number of amides is 2. The Balaban J connectivity index is 1.37. The van der Waals surface area contributed by atoms with E-state index in [1.54, 1.807) is 61.2 Å². The maximum atomic E-state index is 13.3. The molecule has 2 atom stereocenters. The Labute approximate surface area is 235 Å². The fraction of sp³-hybridized carbons (Fsp3) is 0.414. The molecule has 0 bridgehead atoms. The van der Waals surface area contributed by atoms with E-state index in [1.165, 1.54) is 12.1 Å². The first kappa shape index (κ1) is 29.8. The summed E-state index contributed by atoms with van der Waals surface area (Å²) in [5.74, 6) is -2.74. The Hall–Kier alpha value is -4.22. The quantitative estimate of drug-likeness (QED) is 0.395. The molecule has 0 aromatic heterocycles. The maximum Gasteiger partial charge on any atom is 0.450 e. The normalized spacial score (nSPS) is 20.9. The van der Waals surface area contributed by atoms with Crippen molar-refractivity contribution in [2.45, 2.75) is 57.5 Å². The molecule has 3 N–H and O–H groups in total. The third-order valence-electron chi connectivity index (χ3n) is 7.14. The van der Waals surface area contributed by atoms with Crippen molar-refractivity contribution in [3.05, 3.63) is 72.1 Å². The standard InChI is InChI=1S/C29H32F3N3O6/c1-27(2,26(38)39)15-14-24(36)35-16-6-9-22(18-35)40-21-12-10-20(11-13-21)34-25(37)28(19-7-4-3-5-8-19)33-17-23(41-28)29(30,31)32/h3-5,7-8,10-13,17,22,33H,6,9,14-16,18H2,1-2H3,(H,34,37)(H,38,39). The number of carbonyl (C=O) groups is 3. The van der Waals surface area contributed by atoms with Crippen molar-refractivity contribution >= 4 is 23.5 Å². The van der Waals surface area contributed by atoms with Gasteiger partial charge >= 0.3 is 12.1 Å². The number of alkyl halides is 3. The number of rotatable bonds is 9. The SMILES string of the molecule is CC(C)(CCC(=O)N1CCCC(Oc2ccc(NC(=O)C3(c4ccccc4)NC=C(C(F)(F)F)O3)cc2)C1)C(=O)O. The van der Waals surface area contributed by atoms with E-state index >= 15 is 0 Å². The Morgan fingerprint density at radius 1 is 1.12 bits per heavy atom. The molecule has 0 radical (unpaired) electrons. The van der Waals surface area contributed by atoms with Gasteiger partial charge in [0.25, 0.3) is 11.6 Å². The number of ether oxygens (including phenoxy) is 2.